The minimum absolute atomic E-state index is 0.0507. The quantitative estimate of drug-likeness (QED) is 0.599. The van der Waals surface area contributed by atoms with E-state index in [0.29, 0.717) is 38.8 Å². The van der Waals surface area contributed by atoms with Crippen molar-refractivity contribution in [3.63, 3.8) is 0 Å². The zero-order valence-electron chi connectivity index (χ0n) is 19.7. The first-order valence-electron chi connectivity index (χ1n) is 11.8. The molecule has 3 rings (SSSR count). The summed E-state index contributed by atoms with van der Waals surface area (Å²) in [6.45, 7) is 2.57. The number of piperidine rings is 1. The third kappa shape index (κ3) is 7.31. The maximum Gasteiger partial charge on any atom is 0.418 e. The number of hydrogen-bond acceptors (Lipinski definition) is 3. The Morgan fingerprint density at radius 3 is 2.26 bits per heavy atom. The van der Waals surface area contributed by atoms with Crippen molar-refractivity contribution in [3.05, 3.63) is 65.7 Å². The number of carbonyl (C=O) groups is 3. The fourth-order valence-electron chi connectivity index (χ4n) is 4.24. The Morgan fingerprint density at radius 2 is 1.63 bits per heavy atom. The van der Waals surface area contributed by atoms with E-state index in [-0.39, 0.29) is 36.5 Å². The van der Waals surface area contributed by atoms with Crippen molar-refractivity contribution in [3.8, 4) is 0 Å². The summed E-state index contributed by atoms with van der Waals surface area (Å²) in [6.07, 6.45) is -2.55. The van der Waals surface area contributed by atoms with Crippen molar-refractivity contribution in [1.82, 2.24) is 9.80 Å². The van der Waals surface area contributed by atoms with Crippen molar-refractivity contribution in [2.75, 3.05) is 31.5 Å². The van der Waals surface area contributed by atoms with E-state index in [2.05, 4.69) is 5.32 Å². The Hall–Kier alpha value is -3.36. The van der Waals surface area contributed by atoms with Gasteiger partial charge in [-0.15, -0.1) is 0 Å². The van der Waals surface area contributed by atoms with Crippen LogP contribution in [0.4, 0.5) is 18.9 Å². The van der Waals surface area contributed by atoms with E-state index in [1.54, 1.807) is 11.8 Å². The molecule has 1 saturated heterocycles. The highest BCUT2D eigenvalue weighted by Crippen LogP contribution is 2.34. The molecule has 0 bridgehead atoms. The SMILES string of the molecule is CCN(CC(=O)Nc1ccccc1C(F)(F)F)C(=O)C1CCN(C(=O)CCc2ccccc2)CC1. The highest BCUT2D eigenvalue weighted by atomic mass is 19.4. The van der Waals surface area contributed by atoms with Gasteiger partial charge in [0.2, 0.25) is 17.7 Å². The largest absolute Gasteiger partial charge is 0.418 e. The number of benzene rings is 2. The van der Waals surface area contributed by atoms with E-state index in [1.807, 2.05) is 30.3 Å². The summed E-state index contributed by atoms with van der Waals surface area (Å²) in [5.74, 6) is -1.19. The Bertz CT molecular complexity index is 1020. The number of nitrogens with one attached hydrogen (secondary N) is 1. The number of alkyl halides is 3. The predicted molar refractivity (Wildman–Crippen MR) is 126 cm³/mol. The van der Waals surface area contributed by atoms with Crippen molar-refractivity contribution >= 4 is 23.4 Å². The van der Waals surface area contributed by atoms with Gasteiger partial charge >= 0.3 is 6.18 Å². The summed E-state index contributed by atoms with van der Waals surface area (Å²) >= 11 is 0. The number of carbonyl (C=O) groups excluding carboxylic acids is 3. The van der Waals surface area contributed by atoms with Crippen molar-refractivity contribution < 1.29 is 27.6 Å². The summed E-state index contributed by atoms with van der Waals surface area (Å²) in [5.41, 5.74) is -0.177. The van der Waals surface area contributed by atoms with Crippen LogP contribution in [0.3, 0.4) is 0 Å². The van der Waals surface area contributed by atoms with Gasteiger partial charge in [-0.1, -0.05) is 42.5 Å². The van der Waals surface area contributed by atoms with E-state index >= 15 is 0 Å². The second kappa shape index (κ2) is 11.9. The van der Waals surface area contributed by atoms with Gasteiger partial charge in [-0.2, -0.15) is 13.2 Å². The first-order valence-corrected chi connectivity index (χ1v) is 11.8. The lowest BCUT2D eigenvalue weighted by atomic mass is 9.94. The summed E-state index contributed by atoms with van der Waals surface area (Å²) < 4.78 is 39.5. The van der Waals surface area contributed by atoms with Crippen LogP contribution >= 0.6 is 0 Å². The molecule has 2 aromatic rings. The molecule has 0 saturated carbocycles. The number of rotatable bonds is 8. The Morgan fingerprint density at radius 1 is 1.00 bits per heavy atom. The van der Waals surface area contributed by atoms with Crippen LogP contribution in [-0.2, 0) is 27.0 Å². The minimum Gasteiger partial charge on any atom is -0.343 e. The zero-order chi connectivity index (χ0) is 25.4. The topological polar surface area (TPSA) is 69.7 Å². The number of likely N-dealkylation sites (tertiary alicyclic amines) is 1. The number of nitrogens with zero attached hydrogens (tertiary/aromatic N) is 2. The summed E-state index contributed by atoms with van der Waals surface area (Å²) in [5, 5.41) is 2.28. The molecule has 0 radical (unpaired) electrons. The molecule has 2 aromatic carbocycles. The molecule has 188 valence electrons. The van der Waals surface area contributed by atoms with Gasteiger partial charge in [0.05, 0.1) is 17.8 Å². The van der Waals surface area contributed by atoms with E-state index in [1.165, 1.54) is 23.1 Å². The average Bonchev–Trinajstić information content (AvgIpc) is 2.86. The van der Waals surface area contributed by atoms with E-state index in [4.69, 9.17) is 0 Å². The van der Waals surface area contributed by atoms with Gasteiger partial charge in [-0.25, -0.2) is 0 Å². The molecule has 0 atom stereocenters. The van der Waals surface area contributed by atoms with Crippen LogP contribution < -0.4 is 5.32 Å². The lowest BCUT2D eigenvalue weighted by Crippen LogP contribution is -2.46. The van der Waals surface area contributed by atoms with Gasteiger partial charge in [0.15, 0.2) is 0 Å². The molecule has 9 heteroatoms. The van der Waals surface area contributed by atoms with Gasteiger partial charge in [0.25, 0.3) is 0 Å². The Kier molecular flexibility index (Phi) is 8.89. The first kappa shape index (κ1) is 26.2. The smallest absolute Gasteiger partial charge is 0.343 e. The molecular weight excluding hydrogens is 459 g/mol. The Balaban J connectivity index is 1.50. The van der Waals surface area contributed by atoms with Crippen LogP contribution in [0.25, 0.3) is 0 Å². The third-order valence-corrected chi connectivity index (χ3v) is 6.20. The van der Waals surface area contributed by atoms with Crippen LogP contribution in [-0.4, -0.2) is 53.7 Å². The molecule has 1 fully saturated rings. The molecule has 0 unspecified atom stereocenters. The fourth-order valence-corrected chi connectivity index (χ4v) is 4.24. The maximum absolute atomic E-state index is 13.2. The summed E-state index contributed by atoms with van der Waals surface area (Å²) in [7, 11) is 0. The van der Waals surface area contributed by atoms with E-state index in [9.17, 15) is 27.6 Å². The van der Waals surface area contributed by atoms with Crippen molar-refractivity contribution in [2.45, 2.75) is 38.8 Å². The van der Waals surface area contributed by atoms with Gasteiger partial charge in [-0.05, 0) is 43.9 Å². The van der Waals surface area contributed by atoms with E-state index < -0.39 is 17.6 Å². The number of amides is 3. The molecule has 1 heterocycles. The standard InChI is InChI=1S/C26H30F3N3O3/c1-2-31(18-23(33)30-22-11-7-6-10-21(22)26(27,28)29)25(35)20-14-16-32(17-15-20)24(34)13-12-19-8-4-3-5-9-19/h3-11,20H,2,12-18H2,1H3,(H,30,33). The number of anilines is 1. The fraction of sp³-hybridized carbons (Fsp3) is 0.423. The van der Waals surface area contributed by atoms with Crippen molar-refractivity contribution in [2.24, 2.45) is 5.92 Å². The van der Waals surface area contributed by atoms with Gasteiger partial charge in [0.1, 0.15) is 0 Å². The van der Waals surface area contributed by atoms with Crippen molar-refractivity contribution in [1.29, 1.82) is 0 Å². The molecule has 6 nitrogen and oxygen atoms in total. The Labute approximate surface area is 203 Å². The number of halogens is 3. The monoisotopic (exact) mass is 489 g/mol. The highest BCUT2D eigenvalue weighted by Gasteiger charge is 2.34. The van der Waals surface area contributed by atoms with E-state index in [0.717, 1.165) is 11.6 Å². The predicted octanol–water partition coefficient (Wildman–Crippen LogP) is 4.36. The average molecular weight is 490 g/mol. The van der Waals surface area contributed by atoms with Crippen LogP contribution in [0.1, 0.15) is 37.3 Å². The normalized spacial score (nSPS) is 14.5. The number of para-hydroxylation sites is 1. The molecule has 0 aliphatic carbocycles. The zero-order valence-corrected chi connectivity index (χ0v) is 19.7. The second-order valence-corrected chi connectivity index (χ2v) is 8.58. The molecule has 0 aromatic heterocycles. The lowest BCUT2D eigenvalue weighted by molar-refractivity contribution is -0.142. The van der Waals surface area contributed by atoms with Crippen LogP contribution in [0.5, 0.6) is 0 Å². The van der Waals surface area contributed by atoms with Crippen LogP contribution in [0.2, 0.25) is 0 Å². The molecule has 1 aliphatic heterocycles. The molecular formula is C26H30F3N3O3. The molecule has 0 spiro atoms. The maximum atomic E-state index is 13.2. The molecule has 35 heavy (non-hydrogen) atoms. The molecule has 1 N–H and O–H groups in total. The van der Waals surface area contributed by atoms with Gasteiger partial charge in [-0.3, -0.25) is 14.4 Å². The highest BCUT2D eigenvalue weighted by molar-refractivity contribution is 5.95. The summed E-state index contributed by atoms with van der Waals surface area (Å²) in [6, 6.07) is 14.5. The van der Waals surface area contributed by atoms with Gasteiger partial charge < -0.3 is 15.1 Å². The number of likely N-dealkylation sites (N-methyl/N-ethyl adjacent to an activating group) is 1. The number of aryl methyl sites for hydroxylation is 1. The van der Waals surface area contributed by atoms with Gasteiger partial charge in [0, 0.05) is 32.0 Å². The summed E-state index contributed by atoms with van der Waals surface area (Å²) in [4.78, 5) is 41.1. The second-order valence-electron chi connectivity index (χ2n) is 8.58. The molecule has 1 aliphatic rings. The first-order chi connectivity index (χ1) is 16.7. The number of hydrogen-bond donors (Lipinski definition) is 1. The third-order valence-electron chi connectivity index (χ3n) is 6.20. The lowest BCUT2D eigenvalue weighted by Gasteiger charge is -2.34. The van der Waals surface area contributed by atoms with Crippen LogP contribution in [0.15, 0.2) is 54.6 Å². The van der Waals surface area contributed by atoms with Crippen LogP contribution in [0, 0.1) is 5.92 Å². The molecule has 3 amide bonds. The minimum atomic E-state index is -4.60.